The van der Waals surface area contributed by atoms with Gasteiger partial charge in [0.1, 0.15) is 11.6 Å². The minimum atomic E-state index is -0.901. The van der Waals surface area contributed by atoms with Gasteiger partial charge in [0.25, 0.3) is 11.5 Å². The van der Waals surface area contributed by atoms with Crippen molar-refractivity contribution >= 4 is 29.3 Å². The van der Waals surface area contributed by atoms with Gasteiger partial charge >= 0.3 is 11.8 Å². The van der Waals surface area contributed by atoms with E-state index in [0.29, 0.717) is 12.8 Å². The van der Waals surface area contributed by atoms with Crippen LogP contribution in [0.15, 0.2) is 23.0 Å². The van der Waals surface area contributed by atoms with Gasteiger partial charge in [0, 0.05) is 57.2 Å². The fourth-order valence-electron chi connectivity index (χ4n) is 5.31. The highest BCUT2D eigenvalue weighted by Gasteiger charge is 2.50. The summed E-state index contributed by atoms with van der Waals surface area (Å²) in [5.41, 5.74) is -2.10. The summed E-state index contributed by atoms with van der Waals surface area (Å²) in [5.74, 6) is -4.35. The van der Waals surface area contributed by atoms with Crippen LogP contribution < -0.4 is 10.9 Å². The standard InChI is InChI=1S/C25H29ClFN5O6/c1-30(2)23(37)24(38)31(3)16-9-25(12-33)8-7-14(16)20-29-18(19(34)22(36)32(20)11-25)21(35)28-10-13-5-4-6-15(26)17(13)27/h4-6,14,16,33-34H,7-12H2,1-3H3,(H,28,35). The molecule has 2 bridgehead atoms. The molecule has 1 saturated carbocycles. The summed E-state index contributed by atoms with van der Waals surface area (Å²) in [6.45, 7) is -0.543. The number of nitrogens with one attached hydrogen (secondary N) is 1. The smallest absolute Gasteiger partial charge is 0.312 e. The van der Waals surface area contributed by atoms with E-state index in [9.17, 15) is 33.8 Å². The first kappa shape index (κ1) is 27.5. The molecule has 13 heteroatoms. The predicted molar refractivity (Wildman–Crippen MR) is 134 cm³/mol. The molecule has 2 aliphatic heterocycles. The Balaban J connectivity index is 1.72. The van der Waals surface area contributed by atoms with E-state index in [4.69, 9.17) is 11.6 Å². The van der Waals surface area contributed by atoms with Crippen molar-refractivity contribution in [1.82, 2.24) is 24.7 Å². The molecule has 1 aromatic heterocycles. The molecular formula is C25H29ClFN5O6. The number of halogens is 2. The van der Waals surface area contributed by atoms with Crippen molar-refractivity contribution in [2.45, 2.75) is 44.3 Å². The fraction of sp³-hybridized carbons (Fsp3) is 0.480. The lowest BCUT2D eigenvalue weighted by Gasteiger charge is -2.43. The Kier molecular flexibility index (Phi) is 7.48. The summed E-state index contributed by atoms with van der Waals surface area (Å²) in [5, 5.41) is 23.3. The lowest BCUT2D eigenvalue weighted by atomic mass is 9.69. The second-order valence-corrected chi connectivity index (χ2v) is 10.6. The van der Waals surface area contributed by atoms with Crippen LogP contribution in [0.4, 0.5) is 4.39 Å². The highest BCUT2D eigenvalue weighted by molar-refractivity contribution is 6.34. The van der Waals surface area contributed by atoms with Crippen molar-refractivity contribution in [3.05, 3.63) is 56.5 Å². The molecule has 11 nitrogen and oxygen atoms in total. The monoisotopic (exact) mass is 549 g/mol. The number of carbonyl (C=O) groups excluding carboxylic acids is 3. The number of aliphatic hydroxyl groups excluding tert-OH is 1. The van der Waals surface area contributed by atoms with E-state index in [0.717, 1.165) is 4.90 Å². The normalized spacial score (nSPS) is 21.8. The number of aromatic nitrogens is 2. The number of benzene rings is 1. The maximum Gasteiger partial charge on any atom is 0.312 e. The molecule has 1 aromatic carbocycles. The first-order valence-electron chi connectivity index (χ1n) is 12.0. The summed E-state index contributed by atoms with van der Waals surface area (Å²) in [6.07, 6.45) is 1.22. The molecule has 0 radical (unpaired) electrons. The van der Waals surface area contributed by atoms with E-state index in [2.05, 4.69) is 10.3 Å². The van der Waals surface area contributed by atoms with E-state index < -0.39 is 57.9 Å². The second kappa shape index (κ2) is 10.3. The van der Waals surface area contributed by atoms with Gasteiger partial charge in [0.15, 0.2) is 5.69 Å². The molecule has 38 heavy (non-hydrogen) atoms. The van der Waals surface area contributed by atoms with Gasteiger partial charge in [-0.1, -0.05) is 23.7 Å². The van der Waals surface area contributed by atoms with Crippen LogP contribution in [0.3, 0.4) is 0 Å². The zero-order valence-corrected chi connectivity index (χ0v) is 22.0. The van der Waals surface area contributed by atoms with Crippen LogP contribution in [0.25, 0.3) is 0 Å². The van der Waals surface area contributed by atoms with Gasteiger partial charge in [0.05, 0.1) is 11.6 Å². The molecule has 3 unspecified atom stereocenters. The van der Waals surface area contributed by atoms with Gasteiger partial charge in [-0.25, -0.2) is 9.37 Å². The summed E-state index contributed by atoms with van der Waals surface area (Å²) in [6, 6.07) is 3.71. The first-order valence-corrected chi connectivity index (χ1v) is 12.4. The molecule has 0 spiro atoms. The Hall–Kier alpha value is -3.51. The molecule has 5 rings (SSSR count). The van der Waals surface area contributed by atoms with Crippen molar-refractivity contribution in [3.63, 3.8) is 0 Å². The maximum absolute atomic E-state index is 14.2. The number of carbonyl (C=O) groups is 3. The van der Waals surface area contributed by atoms with E-state index >= 15 is 0 Å². The van der Waals surface area contributed by atoms with Gasteiger partial charge in [-0.15, -0.1) is 0 Å². The van der Waals surface area contributed by atoms with Gasteiger partial charge in [0.2, 0.25) is 5.75 Å². The minimum absolute atomic E-state index is 0.0184. The Bertz CT molecular complexity index is 1360. The number of aliphatic hydroxyl groups is 1. The topological polar surface area (TPSA) is 145 Å². The first-order chi connectivity index (χ1) is 17.9. The van der Waals surface area contributed by atoms with Crippen LogP contribution in [-0.2, 0) is 22.7 Å². The third-order valence-electron chi connectivity index (χ3n) is 7.52. The molecule has 1 fully saturated rings. The molecule has 3 atom stereocenters. The fourth-order valence-corrected chi connectivity index (χ4v) is 5.51. The van der Waals surface area contributed by atoms with Crippen LogP contribution in [0.5, 0.6) is 5.75 Å². The zero-order chi connectivity index (χ0) is 27.9. The summed E-state index contributed by atoms with van der Waals surface area (Å²) in [7, 11) is 4.40. The van der Waals surface area contributed by atoms with Crippen LogP contribution in [-0.4, -0.2) is 81.1 Å². The van der Waals surface area contributed by atoms with Crippen molar-refractivity contribution in [2.75, 3.05) is 27.7 Å². The van der Waals surface area contributed by atoms with Crippen LogP contribution in [0.1, 0.15) is 47.1 Å². The molecule has 2 aromatic rings. The maximum atomic E-state index is 14.2. The number of fused-ring (bicyclic) bond motifs is 2. The number of hydrogen-bond donors (Lipinski definition) is 3. The summed E-state index contributed by atoms with van der Waals surface area (Å²) < 4.78 is 15.5. The lowest BCUT2D eigenvalue weighted by molar-refractivity contribution is -0.152. The number of amides is 3. The van der Waals surface area contributed by atoms with Crippen molar-refractivity contribution < 1.29 is 29.0 Å². The van der Waals surface area contributed by atoms with E-state index in [1.54, 1.807) is 0 Å². The van der Waals surface area contributed by atoms with Gasteiger partial charge in [-0.05, 0) is 25.3 Å². The number of likely N-dealkylation sites (N-methyl/N-ethyl adjacent to an activating group) is 2. The van der Waals surface area contributed by atoms with E-state index in [1.165, 1.54) is 48.8 Å². The number of hydrogen-bond acceptors (Lipinski definition) is 7. The van der Waals surface area contributed by atoms with Crippen molar-refractivity contribution in [2.24, 2.45) is 5.41 Å². The Labute approximate surface area is 222 Å². The molecule has 3 aliphatic rings. The third-order valence-corrected chi connectivity index (χ3v) is 7.81. The van der Waals surface area contributed by atoms with Crippen LogP contribution in [0, 0.1) is 11.2 Å². The van der Waals surface area contributed by atoms with E-state index in [-0.39, 0.29) is 42.5 Å². The molecule has 3 heterocycles. The molecule has 3 amide bonds. The molecule has 1 aliphatic carbocycles. The van der Waals surface area contributed by atoms with Crippen molar-refractivity contribution in [1.29, 1.82) is 0 Å². The molecule has 0 saturated heterocycles. The number of aromatic hydroxyl groups is 1. The molecule has 3 N–H and O–H groups in total. The highest BCUT2D eigenvalue weighted by atomic mass is 35.5. The third kappa shape index (κ3) is 4.73. The average Bonchev–Trinajstić information content (AvgIpc) is 3.15. The quantitative estimate of drug-likeness (QED) is 0.469. The summed E-state index contributed by atoms with van der Waals surface area (Å²) >= 11 is 5.79. The zero-order valence-electron chi connectivity index (χ0n) is 21.2. The van der Waals surface area contributed by atoms with Gasteiger partial charge in [-0.2, -0.15) is 0 Å². The van der Waals surface area contributed by atoms with Crippen LogP contribution in [0.2, 0.25) is 5.02 Å². The Morgan fingerprint density at radius 1 is 1.26 bits per heavy atom. The Morgan fingerprint density at radius 2 is 1.97 bits per heavy atom. The number of nitrogens with zero attached hydrogens (tertiary/aromatic N) is 4. The van der Waals surface area contributed by atoms with E-state index in [1.807, 2.05) is 0 Å². The summed E-state index contributed by atoms with van der Waals surface area (Å²) in [4.78, 5) is 58.3. The van der Waals surface area contributed by atoms with Crippen molar-refractivity contribution in [3.8, 4) is 5.75 Å². The number of rotatable bonds is 5. The largest absolute Gasteiger partial charge is 0.501 e. The Morgan fingerprint density at radius 3 is 2.63 bits per heavy atom. The highest BCUT2D eigenvalue weighted by Crippen LogP contribution is 2.48. The van der Waals surface area contributed by atoms with Gasteiger partial charge in [-0.3, -0.25) is 23.7 Å². The van der Waals surface area contributed by atoms with Crippen LogP contribution >= 0.6 is 11.6 Å². The SMILES string of the molecule is CN(C)C(=O)C(=O)N(C)C1CC2(CO)CCC1c1nc(C(=O)NCc3cccc(Cl)c3F)c(O)c(=O)n1C2. The molecular weight excluding hydrogens is 521 g/mol. The second-order valence-electron chi connectivity index (χ2n) is 10.1. The van der Waals surface area contributed by atoms with Gasteiger partial charge < -0.3 is 25.3 Å². The minimum Gasteiger partial charge on any atom is -0.501 e. The predicted octanol–water partition coefficient (Wildman–Crippen LogP) is 0.846. The lowest BCUT2D eigenvalue weighted by Crippen LogP contribution is -2.51. The molecule has 204 valence electrons. The average molecular weight is 550 g/mol.